The van der Waals surface area contributed by atoms with Gasteiger partial charge >= 0.3 is 0 Å². The molecule has 0 atom stereocenters. The third-order valence-electron chi connectivity index (χ3n) is 3.79. The van der Waals surface area contributed by atoms with E-state index in [0.717, 1.165) is 30.5 Å². The Bertz CT molecular complexity index is 644. The molecule has 0 bridgehead atoms. The Hall–Kier alpha value is -1.71. The van der Waals surface area contributed by atoms with Crippen LogP contribution in [0, 0.1) is 0 Å². The fourth-order valence-electron chi connectivity index (χ4n) is 2.40. The van der Waals surface area contributed by atoms with Crippen molar-refractivity contribution in [1.82, 2.24) is 4.90 Å². The average Bonchev–Trinajstić information content (AvgIpc) is 2.55. The average molecular weight is 367 g/mol. The van der Waals surface area contributed by atoms with Crippen LogP contribution in [0.3, 0.4) is 0 Å². The molecule has 1 amide bonds. The molecule has 0 aliphatic rings. The van der Waals surface area contributed by atoms with Gasteiger partial charge < -0.3 is 10.6 Å². The van der Waals surface area contributed by atoms with Crippen molar-refractivity contribution in [3.63, 3.8) is 0 Å². The topological polar surface area (TPSA) is 46.3 Å². The Morgan fingerprint density at radius 1 is 1.12 bits per heavy atom. The van der Waals surface area contributed by atoms with E-state index in [-0.39, 0.29) is 18.3 Å². The highest BCUT2D eigenvalue weighted by atomic mass is 35.5. The number of hydrogen-bond donors (Lipinski definition) is 1. The fourth-order valence-corrected chi connectivity index (χ4v) is 2.59. The van der Waals surface area contributed by atoms with E-state index in [9.17, 15) is 4.79 Å². The van der Waals surface area contributed by atoms with Crippen molar-refractivity contribution < 1.29 is 4.79 Å². The van der Waals surface area contributed by atoms with Crippen molar-refractivity contribution in [2.45, 2.75) is 32.7 Å². The highest BCUT2D eigenvalue weighted by Gasteiger charge is 2.15. The third-order valence-corrected chi connectivity index (χ3v) is 4.16. The molecule has 0 fully saturated rings. The zero-order valence-corrected chi connectivity index (χ0v) is 15.4. The third kappa shape index (κ3) is 6.06. The summed E-state index contributed by atoms with van der Waals surface area (Å²) < 4.78 is 0. The number of nitrogens with two attached hydrogens (primary N) is 1. The number of amides is 1. The molecular weight excluding hydrogens is 343 g/mol. The van der Waals surface area contributed by atoms with E-state index in [1.54, 1.807) is 0 Å². The zero-order valence-electron chi connectivity index (χ0n) is 13.9. The van der Waals surface area contributed by atoms with E-state index < -0.39 is 0 Å². The summed E-state index contributed by atoms with van der Waals surface area (Å²) in [6.45, 7) is 3.42. The minimum absolute atomic E-state index is 0. The van der Waals surface area contributed by atoms with Crippen LogP contribution in [0.5, 0.6) is 0 Å². The first-order valence-electron chi connectivity index (χ1n) is 7.95. The smallest absolute Gasteiger partial charge is 0.227 e. The molecule has 24 heavy (non-hydrogen) atoms. The highest BCUT2D eigenvalue weighted by Crippen LogP contribution is 2.18. The molecule has 0 aliphatic heterocycles. The first-order chi connectivity index (χ1) is 11.1. The Kier molecular flexibility index (Phi) is 8.66. The molecule has 0 radical (unpaired) electrons. The molecule has 2 aromatic rings. The van der Waals surface area contributed by atoms with Crippen molar-refractivity contribution in [3.05, 3.63) is 64.7 Å². The summed E-state index contributed by atoms with van der Waals surface area (Å²) >= 11 is 6.23. The number of carbonyl (C=O) groups is 1. The largest absolute Gasteiger partial charge is 0.399 e. The number of anilines is 1. The second-order valence-electron chi connectivity index (χ2n) is 5.68. The van der Waals surface area contributed by atoms with Crippen LogP contribution in [0.4, 0.5) is 5.69 Å². The molecule has 0 heterocycles. The number of hydrogen-bond acceptors (Lipinski definition) is 2. The first-order valence-corrected chi connectivity index (χ1v) is 8.33. The van der Waals surface area contributed by atoms with E-state index in [1.165, 1.54) is 0 Å². The molecule has 3 nitrogen and oxygen atoms in total. The molecule has 5 heteroatoms. The van der Waals surface area contributed by atoms with Crippen LogP contribution >= 0.6 is 24.0 Å². The second-order valence-corrected chi connectivity index (χ2v) is 6.09. The van der Waals surface area contributed by atoms with E-state index >= 15 is 0 Å². The summed E-state index contributed by atoms with van der Waals surface area (Å²) in [4.78, 5) is 14.6. The molecule has 0 saturated heterocycles. The van der Waals surface area contributed by atoms with Gasteiger partial charge in [0.2, 0.25) is 5.91 Å². The lowest BCUT2D eigenvalue weighted by atomic mass is 10.1. The lowest BCUT2D eigenvalue weighted by molar-refractivity contribution is -0.131. The Labute approximate surface area is 155 Å². The van der Waals surface area contributed by atoms with Gasteiger partial charge in [-0.15, -0.1) is 12.4 Å². The van der Waals surface area contributed by atoms with Gasteiger partial charge in [0.15, 0.2) is 0 Å². The Morgan fingerprint density at radius 3 is 2.42 bits per heavy atom. The number of benzene rings is 2. The lowest BCUT2D eigenvalue weighted by Crippen LogP contribution is -2.32. The van der Waals surface area contributed by atoms with Gasteiger partial charge in [0.25, 0.3) is 0 Å². The summed E-state index contributed by atoms with van der Waals surface area (Å²) in [5, 5.41) is 0.703. The molecule has 2 aromatic carbocycles. The Morgan fingerprint density at radius 2 is 1.79 bits per heavy atom. The number of halogens is 2. The number of nitrogen functional groups attached to an aromatic ring is 1. The summed E-state index contributed by atoms with van der Waals surface area (Å²) in [6.07, 6.45) is 2.42. The molecule has 0 unspecified atom stereocenters. The molecule has 0 spiro atoms. The minimum Gasteiger partial charge on any atom is -0.399 e. The lowest BCUT2D eigenvalue weighted by Gasteiger charge is -2.23. The monoisotopic (exact) mass is 366 g/mol. The summed E-state index contributed by atoms with van der Waals surface area (Å²) in [7, 11) is 0. The standard InChI is InChI=1S/C19H23ClN2O.ClH/c1-2-3-12-22(14-16-6-4-5-7-18(16)20)19(23)13-15-8-10-17(21)11-9-15;/h4-11H,2-3,12-14,21H2,1H3;1H. The van der Waals surface area contributed by atoms with Gasteiger partial charge in [0, 0.05) is 23.8 Å². The van der Waals surface area contributed by atoms with Gasteiger partial charge in [-0.2, -0.15) is 0 Å². The molecular formula is C19H24Cl2N2O. The Balaban J connectivity index is 0.00000288. The molecule has 130 valence electrons. The van der Waals surface area contributed by atoms with Gasteiger partial charge in [-0.1, -0.05) is 55.3 Å². The van der Waals surface area contributed by atoms with E-state index in [0.29, 0.717) is 23.7 Å². The molecule has 0 aliphatic carbocycles. The first kappa shape index (κ1) is 20.3. The fraction of sp³-hybridized carbons (Fsp3) is 0.316. The summed E-state index contributed by atoms with van der Waals surface area (Å²) in [5.74, 6) is 0.114. The molecule has 2 N–H and O–H groups in total. The van der Waals surface area contributed by atoms with Gasteiger partial charge in [-0.05, 0) is 35.7 Å². The van der Waals surface area contributed by atoms with E-state index in [4.69, 9.17) is 17.3 Å². The summed E-state index contributed by atoms with van der Waals surface area (Å²) in [5.41, 5.74) is 8.36. The maximum Gasteiger partial charge on any atom is 0.227 e. The number of carbonyl (C=O) groups excluding carboxylic acids is 1. The van der Waals surface area contributed by atoms with Gasteiger partial charge in [-0.3, -0.25) is 4.79 Å². The predicted octanol–water partition coefficient (Wildman–Crippen LogP) is 4.72. The van der Waals surface area contributed by atoms with E-state index in [1.807, 2.05) is 53.4 Å². The number of unbranched alkanes of at least 4 members (excludes halogenated alkanes) is 1. The van der Waals surface area contributed by atoms with Gasteiger partial charge in [0.05, 0.1) is 6.42 Å². The predicted molar refractivity (Wildman–Crippen MR) is 104 cm³/mol. The normalized spacial score (nSPS) is 10.1. The van der Waals surface area contributed by atoms with Crippen molar-refractivity contribution in [2.24, 2.45) is 0 Å². The number of nitrogens with zero attached hydrogens (tertiary/aromatic N) is 1. The van der Waals surface area contributed by atoms with Crippen molar-refractivity contribution in [1.29, 1.82) is 0 Å². The minimum atomic E-state index is 0. The number of rotatable bonds is 7. The molecule has 2 rings (SSSR count). The quantitative estimate of drug-likeness (QED) is 0.720. The van der Waals surface area contributed by atoms with Crippen LogP contribution in [0.15, 0.2) is 48.5 Å². The van der Waals surface area contributed by atoms with Crippen LogP contribution in [0.1, 0.15) is 30.9 Å². The van der Waals surface area contributed by atoms with Crippen molar-refractivity contribution in [3.8, 4) is 0 Å². The maximum absolute atomic E-state index is 12.7. The van der Waals surface area contributed by atoms with Crippen LogP contribution in [-0.4, -0.2) is 17.4 Å². The van der Waals surface area contributed by atoms with Crippen molar-refractivity contribution in [2.75, 3.05) is 12.3 Å². The maximum atomic E-state index is 12.7. The summed E-state index contributed by atoms with van der Waals surface area (Å²) in [6, 6.07) is 15.1. The highest BCUT2D eigenvalue weighted by molar-refractivity contribution is 6.31. The zero-order chi connectivity index (χ0) is 16.7. The van der Waals surface area contributed by atoms with Crippen LogP contribution in [0.25, 0.3) is 0 Å². The van der Waals surface area contributed by atoms with Gasteiger partial charge in [0.1, 0.15) is 0 Å². The van der Waals surface area contributed by atoms with Crippen molar-refractivity contribution >= 4 is 35.6 Å². The van der Waals surface area contributed by atoms with Crippen LogP contribution in [-0.2, 0) is 17.8 Å². The second kappa shape index (κ2) is 10.2. The van der Waals surface area contributed by atoms with E-state index in [2.05, 4.69) is 6.92 Å². The molecule has 0 aromatic heterocycles. The van der Waals surface area contributed by atoms with Crippen LogP contribution in [0.2, 0.25) is 5.02 Å². The van der Waals surface area contributed by atoms with Gasteiger partial charge in [-0.25, -0.2) is 0 Å². The SMILES string of the molecule is CCCCN(Cc1ccccc1Cl)C(=O)Cc1ccc(N)cc1.Cl. The molecule has 0 saturated carbocycles. The van der Waals surface area contributed by atoms with Crippen LogP contribution < -0.4 is 5.73 Å².